The van der Waals surface area contributed by atoms with Crippen LogP contribution < -0.4 is 4.74 Å². The van der Waals surface area contributed by atoms with Crippen molar-refractivity contribution < 1.29 is 14.3 Å². The smallest absolute Gasteiger partial charge is 0.356 e. The molecule has 1 aromatic heterocycles. The highest BCUT2D eigenvalue weighted by atomic mass is 16.5. The molecule has 22 heavy (non-hydrogen) atoms. The Hall–Kier alpha value is -2.30. The summed E-state index contributed by atoms with van der Waals surface area (Å²) in [5, 5.41) is 0. The van der Waals surface area contributed by atoms with Crippen molar-refractivity contribution in [2.45, 2.75) is 39.8 Å². The molecule has 1 aromatic carbocycles. The molecule has 1 atom stereocenters. The maximum Gasteiger partial charge on any atom is 0.356 e. The summed E-state index contributed by atoms with van der Waals surface area (Å²) in [7, 11) is 0. The molecule has 0 bridgehead atoms. The van der Waals surface area contributed by atoms with Crippen LogP contribution in [0.2, 0.25) is 0 Å². The van der Waals surface area contributed by atoms with E-state index in [9.17, 15) is 4.79 Å². The quantitative estimate of drug-likeness (QED) is 0.767. The van der Waals surface area contributed by atoms with E-state index in [4.69, 9.17) is 9.47 Å². The normalized spacial score (nSPS) is 12.2. The third-order valence-corrected chi connectivity index (χ3v) is 3.28. The van der Waals surface area contributed by atoms with Gasteiger partial charge in [-0.15, -0.1) is 0 Å². The molecule has 0 aliphatic carbocycles. The van der Waals surface area contributed by atoms with E-state index < -0.39 is 0 Å². The van der Waals surface area contributed by atoms with E-state index >= 15 is 0 Å². The lowest BCUT2D eigenvalue weighted by atomic mass is 10.1. The van der Waals surface area contributed by atoms with Crippen LogP contribution in [0.3, 0.4) is 0 Å². The molecule has 0 amide bonds. The van der Waals surface area contributed by atoms with Crippen LogP contribution in [-0.4, -0.2) is 28.2 Å². The predicted octanol–water partition coefficient (Wildman–Crippen LogP) is 3.46. The molecule has 2 rings (SSSR count). The third-order valence-electron chi connectivity index (χ3n) is 3.28. The van der Waals surface area contributed by atoms with Gasteiger partial charge in [0, 0.05) is 0 Å². The van der Waals surface area contributed by atoms with E-state index in [-0.39, 0.29) is 18.1 Å². The van der Waals surface area contributed by atoms with Gasteiger partial charge in [-0.05, 0) is 45.4 Å². The monoisotopic (exact) mass is 302 g/mol. The number of benzene rings is 1. The fourth-order valence-electron chi connectivity index (χ4n) is 2.26. The lowest BCUT2D eigenvalue weighted by molar-refractivity contribution is 0.0512. The van der Waals surface area contributed by atoms with Crippen molar-refractivity contribution in [2.24, 2.45) is 0 Å². The number of rotatable bonds is 6. The number of nitrogens with zero attached hydrogens (tertiary/aromatic N) is 2. The lowest BCUT2D eigenvalue weighted by Crippen LogP contribution is -2.15. The highest BCUT2D eigenvalue weighted by Crippen LogP contribution is 2.24. The topological polar surface area (TPSA) is 53.3 Å². The molecule has 0 aliphatic rings. The second-order valence-electron chi connectivity index (χ2n) is 5.32. The molecule has 0 unspecified atom stereocenters. The molecule has 0 radical (unpaired) electrons. The average molecular weight is 302 g/mol. The van der Waals surface area contributed by atoms with E-state index in [0.717, 1.165) is 11.3 Å². The van der Waals surface area contributed by atoms with Crippen molar-refractivity contribution in [1.29, 1.82) is 0 Å². The Labute approximate surface area is 130 Å². The zero-order chi connectivity index (χ0) is 16.1. The van der Waals surface area contributed by atoms with Crippen LogP contribution in [0.1, 0.15) is 49.8 Å². The number of imidazole rings is 1. The molecule has 0 spiro atoms. The van der Waals surface area contributed by atoms with Crippen LogP contribution in [0.25, 0.3) is 0 Å². The van der Waals surface area contributed by atoms with Crippen molar-refractivity contribution >= 4 is 5.97 Å². The average Bonchev–Trinajstić information content (AvgIpc) is 2.95. The summed E-state index contributed by atoms with van der Waals surface area (Å²) in [5.41, 5.74) is 1.49. The molecule has 0 N–H and O–H groups in total. The maximum atomic E-state index is 12.0. The lowest BCUT2D eigenvalue weighted by Gasteiger charge is -2.18. The zero-order valence-electron chi connectivity index (χ0n) is 13.4. The molecule has 1 heterocycles. The Morgan fingerprint density at radius 1 is 1.32 bits per heavy atom. The molecule has 0 aliphatic heterocycles. The molecule has 5 heteroatoms. The largest absolute Gasteiger partial charge is 0.491 e. The second kappa shape index (κ2) is 7.11. The summed E-state index contributed by atoms with van der Waals surface area (Å²) >= 11 is 0. The summed E-state index contributed by atoms with van der Waals surface area (Å²) in [5.74, 6) is 0.457. The minimum atomic E-state index is -0.360. The molecule has 2 aromatic rings. The third kappa shape index (κ3) is 3.67. The van der Waals surface area contributed by atoms with Crippen LogP contribution >= 0.6 is 0 Å². The number of carbonyl (C=O) groups is 1. The van der Waals surface area contributed by atoms with Gasteiger partial charge in [0.25, 0.3) is 0 Å². The summed E-state index contributed by atoms with van der Waals surface area (Å²) < 4.78 is 12.6. The number of carbonyl (C=O) groups excluding carboxylic acids is 1. The minimum Gasteiger partial charge on any atom is -0.491 e. The van der Waals surface area contributed by atoms with Gasteiger partial charge in [0.1, 0.15) is 11.4 Å². The standard InChI is InChI=1S/C17H22N2O3/c1-5-21-17(20)16-10-18-11-19(16)13(4)14-7-6-8-15(9-14)22-12(2)3/h6-13H,5H2,1-4H3/t13-/m1/s1. The van der Waals surface area contributed by atoms with Gasteiger partial charge in [0.05, 0.1) is 31.3 Å². The first-order chi connectivity index (χ1) is 10.5. The van der Waals surface area contributed by atoms with Gasteiger partial charge in [-0.2, -0.15) is 0 Å². The Kier molecular flexibility index (Phi) is 5.20. The summed E-state index contributed by atoms with van der Waals surface area (Å²) in [6.45, 7) is 8.12. The maximum absolute atomic E-state index is 12.0. The van der Waals surface area contributed by atoms with E-state index in [2.05, 4.69) is 4.98 Å². The molecular weight excluding hydrogens is 280 g/mol. The van der Waals surface area contributed by atoms with E-state index in [0.29, 0.717) is 12.3 Å². The Morgan fingerprint density at radius 3 is 2.77 bits per heavy atom. The number of ether oxygens (including phenoxy) is 2. The van der Waals surface area contributed by atoms with Gasteiger partial charge in [-0.25, -0.2) is 9.78 Å². The number of hydrogen-bond acceptors (Lipinski definition) is 4. The molecule has 118 valence electrons. The van der Waals surface area contributed by atoms with E-state index in [1.54, 1.807) is 13.3 Å². The Balaban J connectivity index is 2.27. The van der Waals surface area contributed by atoms with Crippen molar-refractivity contribution in [3.63, 3.8) is 0 Å². The summed E-state index contributed by atoms with van der Waals surface area (Å²) in [4.78, 5) is 16.0. The number of esters is 1. The van der Waals surface area contributed by atoms with Crippen molar-refractivity contribution in [2.75, 3.05) is 6.61 Å². The van der Waals surface area contributed by atoms with Crippen molar-refractivity contribution in [3.05, 3.63) is 48.0 Å². The fraction of sp³-hybridized carbons (Fsp3) is 0.412. The number of aromatic nitrogens is 2. The van der Waals surface area contributed by atoms with Gasteiger partial charge in [0.2, 0.25) is 0 Å². The fourth-order valence-corrected chi connectivity index (χ4v) is 2.26. The van der Waals surface area contributed by atoms with Crippen LogP contribution in [0.5, 0.6) is 5.75 Å². The first-order valence-corrected chi connectivity index (χ1v) is 7.48. The molecular formula is C17H22N2O3. The molecule has 0 saturated carbocycles. The van der Waals surface area contributed by atoms with E-state index in [1.165, 1.54) is 6.20 Å². The van der Waals surface area contributed by atoms with Crippen LogP contribution in [0.15, 0.2) is 36.8 Å². The van der Waals surface area contributed by atoms with Gasteiger partial charge < -0.3 is 14.0 Å². The summed E-state index contributed by atoms with van der Waals surface area (Å²) in [6.07, 6.45) is 3.30. The highest BCUT2D eigenvalue weighted by molar-refractivity contribution is 5.87. The van der Waals surface area contributed by atoms with Crippen LogP contribution in [-0.2, 0) is 4.74 Å². The van der Waals surface area contributed by atoms with Crippen molar-refractivity contribution in [3.8, 4) is 5.75 Å². The number of hydrogen-bond donors (Lipinski definition) is 0. The SMILES string of the molecule is CCOC(=O)c1cncn1[C@H](C)c1cccc(OC(C)C)c1. The Bertz CT molecular complexity index is 634. The molecule has 5 nitrogen and oxygen atoms in total. The van der Waals surface area contributed by atoms with Crippen LogP contribution in [0, 0.1) is 0 Å². The first-order valence-electron chi connectivity index (χ1n) is 7.48. The molecule has 0 saturated heterocycles. The predicted molar refractivity (Wildman–Crippen MR) is 84.2 cm³/mol. The van der Waals surface area contributed by atoms with Gasteiger partial charge in [-0.1, -0.05) is 12.1 Å². The Morgan fingerprint density at radius 2 is 2.09 bits per heavy atom. The van der Waals surface area contributed by atoms with Gasteiger partial charge in [-0.3, -0.25) is 0 Å². The first kappa shape index (κ1) is 16.1. The van der Waals surface area contributed by atoms with Gasteiger partial charge in [0.15, 0.2) is 0 Å². The zero-order valence-corrected chi connectivity index (χ0v) is 13.4. The van der Waals surface area contributed by atoms with E-state index in [1.807, 2.05) is 49.6 Å². The second-order valence-corrected chi connectivity index (χ2v) is 5.32. The summed E-state index contributed by atoms with van der Waals surface area (Å²) in [6, 6.07) is 7.82. The van der Waals surface area contributed by atoms with Crippen LogP contribution in [0.4, 0.5) is 0 Å². The van der Waals surface area contributed by atoms with Crippen molar-refractivity contribution in [1.82, 2.24) is 9.55 Å². The molecule has 0 fully saturated rings. The highest BCUT2D eigenvalue weighted by Gasteiger charge is 2.18. The van der Waals surface area contributed by atoms with Gasteiger partial charge >= 0.3 is 5.97 Å². The minimum absolute atomic E-state index is 0.0439.